The highest BCUT2D eigenvalue weighted by Gasteiger charge is 2.22. The van der Waals surface area contributed by atoms with Crippen LogP contribution in [-0.2, 0) is 0 Å². The quantitative estimate of drug-likeness (QED) is 0.465. The Labute approximate surface area is 176 Å². The first kappa shape index (κ1) is 21.3. The summed E-state index contributed by atoms with van der Waals surface area (Å²) in [7, 11) is 4.01. The Balaban J connectivity index is 1.90. The molecule has 0 N–H and O–H groups in total. The average molecular weight is 412 g/mol. The lowest BCUT2D eigenvalue weighted by Gasteiger charge is -2.22. The van der Waals surface area contributed by atoms with Gasteiger partial charge in [-0.2, -0.15) is 0 Å². The van der Waals surface area contributed by atoms with E-state index in [2.05, 4.69) is 30.9 Å². The van der Waals surface area contributed by atoms with E-state index in [0.717, 1.165) is 46.0 Å². The lowest BCUT2D eigenvalue weighted by molar-refractivity contribution is 0.0984. The number of benzene rings is 2. The summed E-state index contributed by atoms with van der Waals surface area (Å²) in [6, 6.07) is 13.6. The molecule has 0 bridgehead atoms. The van der Waals surface area contributed by atoms with Crippen LogP contribution >= 0.6 is 11.3 Å². The van der Waals surface area contributed by atoms with Crippen molar-refractivity contribution in [3.8, 4) is 5.75 Å². The van der Waals surface area contributed by atoms with Crippen LogP contribution in [-0.4, -0.2) is 49.6 Å². The minimum Gasteiger partial charge on any atom is -0.494 e. The molecule has 0 spiro atoms. The normalized spacial score (nSPS) is 11.2. The second-order valence-corrected chi connectivity index (χ2v) is 8.42. The Morgan fingerprint density at radius 1 is 1.14 bits per heavy atom. The maximum Gasteiger partial charge on any atom is 0.260 e. The third kappa shape index (κ3) is 5.34. The summed E-state index contributed by atoms with van der Waals surface area (Å²) in [4.78, 5) is 22.1. The van der Waals surface area contributed by atoms with E-state index in [9.17, 15) is 4.79 Å². The fraction of sp³-hybridized carbons (Fsp3) is 0.391. The molecule has 1 amide bonds. The molecule has 0 saturated heterocycles. The Morgan fingerprint density at radius 3 is 2.66 bits per heavy atom. The van der Waals surface area contributed by atoms with Crippen molar-refractivity contribution in [2.75, 3.05) is 38.7 Å². The van der Waals surface area contributed by atoms with Crippen molar-refractivity contribution in [1.29, 1.82) is 0 Å². The predicted octanol–water partition coefficient (Wildman–Crippen LogP) is 4.99. The number of ether oxygens (including phenoxy) is 1. The number of nitrogens with zero attached hydrogens (tertiary/aromatic N) is 3. The Hall–Kier alpha value is -2.44. The molecule has 2 aromatic carbocycles. The van der Waals surface area contributed by atoms with Crippen LogP contribution in [0.25, 0.3) is 10.2 Å². The molecule has 0 aliphatic rings. The number of fused-ring (bicyclic) bond motifs is 1. The molecule has 6 heteroatoms. The van der Waals surface area contributed by atoms with Gasteiger partial charge in [-0.1, -0.05) is 42.9 Å². The van der Waals surface area contributed by atoms with Crippen LogP contribution in [0.4, 0.5) is 5.13 Å². The number of anilines is 1. The molecule has 0 unspecified atom stereocenters. The summed E-state index contributed by atoms with van der Waals surface area (Å²) < 4.78 is 6.89. The third-order valence-corrected chi connectivity index (χ3v) is 5.75. The van der Waals surface area contributed by atoms with E-state index in [-0.39, 0.29) is 5.91 Å². The van der Waals surface area contributed by atoms with Crippen LogP contribution in [0.2, 0.25) is 0 Å². The Kier molecular flexibility index (Phi) is 7.23. The van der Waals surface area contributed by atoms with Gasteiger partial charge in [0.25, 0.3) is 5.91 Å². The highest BCUT2D eigenvalue weighted by atomic mass is 32.1. The number of likely N-dealkylation sites (N-methyl/N-ethyl adjacent to an activating group) is 1. The number of hydrogen-bond acceptors (Lipinski definition) is 5. The fourth-order valence-corrected chi connectivity index (χ4v) is 4.05. The van der Waals surface area contributed by atoms with Gasteiger partial charge in [-0.3, -0.25) is 9.69 Å². The minimum absolute atomic E-state index is 0.0514. The van der Waals surface area contributed by atoms with Crippen molar-refractivity contribution in [3.63, 3.8) is 0 Å². The summed E-state index contributed by atoms with van der Waals surface area (Å²) in [6.07, 6.45) is 2.08. The third-order valence-electron chi connectivity index (χ3n) is 4.70. The number of amides is 1. The monoisotopic (exact) mass is 411 g/mol. The van der Waals surface area contributed by atoms with Gasteiger partial charge in [-0.15, -0.1) is 0 Å². The second kappa shape index (κ2) is 9.85. The predicted molar refractivity (Wildman–Crippen MR) is 121 cm³/mol. The zero-order chi connectivity index (χ0) is 20.8. The molecular formula is C23H29N3O2S. The molecule has 0 atom stereocenters. The topological polar surface area (TPSA) is 45.7 Å². The van der Waals surface area contributed by atoms with Crippen molar-refractivity contribution >= 4 is 32.6 Å². The number of unbranched alkanes of at least 4 members (excludes halogenated alkanes) is 1. The largest absolute Gasteiger partial charge is 0.494 e. The van der Waals surface area contributed by atoms with Gasteiger partial charge in [0.15, 0.2) is 5.13 Å². The summed E-state index contributed by atoms with van der Waals surface area (Å²) in [5.74, 6) is 0.682. The van der Waals surface area contributed by atoms with E-state index in [0.29, 0.717) is 18.7 Å². The number of hydrogen-bond donors (Lipinski definition) is 0. The van der Waals surface area contributed by atoms with Gasteiger partial charge < -0.3 is 9.64 Å². The zero-order valence-corrected chi connectivity index (χ0v) is 18.5. The lowest BCUT2D eigenvalue weighted by atomic mass is 10.2. The van der Waals surface area contributed by atoms with E-state index in [1.165, 1.54) is 0 Å². The minimum atomic E-state index is -0.0514. The van der Waals surface area contributed by atoms with Crippen molar-refractivity contribution in [1.82, 2.24) is 9.88 Å². The molecule has 3 rings (SSSR count). The molecule has 0 aliphatic heterocycles. The summed E-state index contributed by atoms with van der Waals surface area (Å²) >= 11 is 1.56. The molecule has 1 heterocycles. The van der Waals surface area contributed by atoms with Crippen molar-refractivity contribution < 1.29 is 9.53 Å². The number of para-hydroxylation sites is 1. The summed E-state index contributed by atoms with van der Waals surface area (Å²) in [5.41, 5.74) is 2.71. The highest BCUT2D eigenvalue weighted by Crippen LogP contribution is 2.31. The van der Waals surface area contributed by atoms with Gasteiger partial charge in [0.2, 0.25) is 0 Å². The van der Waals surface area contributed by atoms with Gasteiger partial charge in [0, 0.05) is 18.7 Å². The van der Waals surface area contributed by atoms with Crippen LogP contribution in [0.3, 0.4) is 0 Å². The summed E-state index contributed by atoms with van der Waals surface area (Å²) in [5, 5.41) is 0.735. The molecular weight excluding hydrogens is 382 g/mol. The first-order valence-electron chi connectivity index (χ1n) is 10.0. The molecule has 1 aromatic heterocycles. The van der Waals surface area contributed by atoms with E-state index < -0.39 is 0 Å². The molecule has 0 radical (unpaired) electrons. The van der Waals surface area contributed by atoms with Crippen LogP contribution in [0, 0.1) is 6.92 Å². The summed E-state index contributed by atoms with van der Waals surface area (Å²) in [6.45, 7) is 6.18. The van der Waals surface area contributed by atoms with E-state index in [1.54, 1.807) is 16.2 Å². The van der Waals surface area contributed by atoms with Gasteiger partial charge in [0.1, 0.15) is 5.75 Å². The highest BCUT2D eigenvalue weighted by molar-refractivity contribution is 7.22. The number of carbonyl (C=O) groups is 1. The molecule has 29 heavy (non-hydrogen) atoms. The standard InChI is InChI=1S/C23H29N3O2S/c1-5-6-15-28-19-11-8-10-18(16-19)22(27)26(14-13-25(3)4)23-24-21-17(2)9-7-12-20(21)29-23/h7-12,16H,5-6,13-15H2,1-4H3. The van der Waals surface area contributed by atoms with Gasteiger partial charge in [-0.25, -0.2) is 4.98 Å². The molecule has 0 aliphatic carbocycles. The van der Waals surface area contributed by atoms with Gasteiger partial charge >= 0.3 is 0 Å². The van der Waals surface area contributed by atoms with Crippen LogP contribution in [0.1, 0.15) is 35.7 Å². The first-order chi connectivity index (χ1) is 14.0. The van der Waals surface area contributed by atoms with E-state index >= 15 is 0 Å². The number of thiazole rings is 1. The first-order valence-corrected chi connectivity index (χ1v) is 10.9. The molecule has 0 fully saturated rings. The second-order valence-electron chi connectivity index (χ2n) is 7.41. The number of aryl methyl sites for hydroxylation is 1. The van der Waals surface area contributed by atoms with E-state index in [4.69, 9.17) is 9.72 Å². The maximum absolute atomic E-state index is 13.4. The van der Waals surface area contributed by atoms with Crippen LogP contribution in [0.15, 0.2) is 42.5 Å². The Morgan fingerprint density at radius 2 is 1.93 bits per heavy atom. The Bertz CT molecular complexity index is 968. The number of rotatable bonds is 9. The number of aromatic nitrogens is 1. The van der Waals surface area contributed by atoms with Crippen LogP contribution in [0.5, 0.6) is 5.75 Å². The lowest BCUT2D eigenvalue weighted by Crippen LogP contribution is -2.36. The van der Waals surface area contributed by atoms with Crippen molar-refractivity contribution in [3.05, 3.63) is 53.6 Å². The molecule has 5 nitrogen and oxygen atoms in total. The molecule has 3 aromatic rings. The molecule has 154 valence electrons. The van der Waals surface area contributed by atoms with E-state index in [1.807, 2.05) is 44.4 Å². The number of carbonyl (C=O) groups excluding carboxylic acids is 1. The zero-order valence-electron chi connectivity index (χ0n) is 17.6. The maximum atomic E-state index is 13.4. The average Bonchev–Trinajstić information content (AvgIpc) is 3.13. The van der Waals surface area contributed by atoms with Crippen molar-refractivity contribution in [2.45, 2.75) is 26.7 Å². The van der Waals surface area contributed by atoms with Gasteiger partial charge in [0.05, 0.1) is 16.8 Å². The van der Waals surface area contributed by atoms with Crippen LogP contribution < -0.4 is 9.64 Å². The van der Waals surface area contributed by atoms with Gasteiger partial charge in [-0.05, 0) is 57.3 Å². The fourth-order valence-electron chi connectivity index (χ4n) is 2.98. The van der Waals surface area contributed by atoms with Crippen molar-refractivity contribution in [2.24, 2.45) is 0 Å². The smallest absolute Gasteiger partial charge is 0.260 e. The SMILES string of the molecule is CCCCOc1cccc(C(=O)N(CCN(C)C)c2nc3c(C)cccc3s2)c1. The molecule has 0 saturated carbocycles.